The number of piperazine rings is 1. The summed E-state index contributed by atoms with van der Waals surface area (Å²) in [5.74, 6) is 0. The lowest BCUT2D eigenvalue weighted by Crippen LogP contribution is -2.47. The summed E-state index contributed by atoms with van der Waals surface area (Å²) in [4.78, 5) is 7.34. The normalized spacial score (nSPS) is 17.9. The molecule has 2 N–H and O–H groups in total. The predicted molar refractivity (Wildman–Crippen MR) is 89.9 cm³/mol. The summed E-state index contributed by atoms with van der Waals surface area (Å²) in [6, 6.07) is 3.18. The Hall–Kier alpha value is -0.710. The van der Waals surface area contributed by atoms with Gasteiger partial charge in [-0.05, 0) is 12.1 Å². The van der Waals surface area contributed by atoms with Crippen LogP contribution in [0.1, 0.15) is 4.88 Å². The van der Waals surface area contributed by atoms with Crippen molar-refractivity contribution in [1.29, 1.82) is 0 Å². The molecule has 3 rings (SSSR count). The minimum absolute atomic E-state index is 0.307. The fourth-order valence-electron chi connectivity index (χ4n) is 2.31. The Bertz CT molecular complexity index is 750. The molecule has 0 saturated carbocycles. The first kappa shape index (κ1) is 16.2. The lowest BCUT2D eigenvalue weighted by Gasteiger charge is -2.33. The molecule has 120 valence electrons. The number of aromatic nitrogens is 1. The first-order chi connectivity index (χ1) is 10.4. The Morgan fingerprint density at radius 1 is 1.23 bits per heavy atom. The van der Waals surface area contributed by atoms with Gasteiger partial charge >= 0.3 is 0 Å². The SMILES string of the molecule is Nc1ncc(CN2CCN(S(=O)(=O)c3ccc(Cl)s3)CC2)s1. The van der Waals surface area contributed by atoms with Gasteiger partial charge in [-0.1, -0.05) is 11.6 Å². The molecule has 0 radical (unpaired) electrons. The number of anilines is 1. The standard InChI is InChI=1S/C12H15ClN4O2S3/c13-10-1-2-11(21-10)22(18,19)17-5-3-16(4-6-17)8-9-7-15-12(14)20-9/h1-2,7H,3-6,8H2,(H2,14,15). The Balaban J connectivity index is 1.61. The van der Waals surface area contributed by atoms with Crippen LogP contribution in [-0.2, 0) is 16.6 Å². The average Bonchev–Trinajstić information content (AvgIpc) is 3.09. The highest BCUT2D eigenvalue weighted by Gasteiger charge is 2.29. The van der Waals surface area contributed by atoms with E-state index < -0.39 is 10.0 Å². The Morgan fingerprint density at radius 3 is 2.50 bits per heavy atom. The first-order valence-electron chi connectivity index (χ1n) is 6.63. The average molecular weight is 379 g/mol. The number of thiophene rings is 1. The van der Waals surface area contributed by atoms with Crippen LogP contribution in [0.15, 0.2) is 22.5 Å². The Morgan fingerprint density at radius 2 is 1.95 bits per heavy atom. The van der Waals surface area contributed by atoms with Gasteiger partial charge in [0, 0.05) is 43.8 Å². The van der Waals surface area contributed by atoms with E-state index in [-0.39, 0.29) is 0 Å². The molecule has 10 heteroatoms. The lowest BCUT2D eigenvalue weighted by atomic mass is 10.3. The van der Waals surface area contributed by atoms with Crippen LogP contribution in [0.25, 0.3) is 0 Å². The van der Waals surface area contributed by atoms with Crippen molar-refractivity contribution in [2.45, 2.75) is 10.8 Å². The maximum Gasteiger partial charge on any atom is 0.252 e. The van der Waals surface area contributed by atoms with E-state index >= 15 is 0 Å². The molecule has 22 heavy (non-hydrogen) atoms. The van der Waals surface area contributed by atoms with E-state index in [4.69, 9.17) is 17.3 Å². The van der Waals surface area contributed by atoms with Crippen LogP contribution in [0.5, 0.6) is 0 Å². The summed E-state index contributed by atoms with van der Waals surface area (Å²) >= 11 is 8.40. The van der Waals surface area contributed by atoms with Crippen molar-refractivity contribution in [2.24, 2.45) is 0 Å². The van der Waals surface area contributed by atoms with E-state index in [0.29, 0.717) is 39.9 Å². The zero-order chi connectivity index (χ0) is 15.7. The lowest BCUT2D eigenvalue weighted by molar-refractivity contribution is 0.183. The number of thiazole rings is 1. The number of rotatable bonds is 4. The van der Waals surface area contributed by atoms with E-state index in [0.717, 1.165) is 22.8 Å². The highest BCUT2D eigenvalue weighted by molar-refractivity contribution is 7.91. The fourth-order valence-corrected chi connectivity index (χ4v) is 6.09. The smallest absolute Gasteiger partial charge is 0.252 e. The number of nitrogens with zero attached hydrogens (tertiary/aromatic N) is 3. The van der Waals surface area contributed by atoms with Crippen LogP contribution in [0.2, 0.25) is 4.34 Å². The van der Waals surface area contributed by atoms with Crippen LogP contribution in [0, 0.1) is 0 Å². The van der Waals surface area contributed by atoms with Gasteiger partial charge in [0.2, 0.25) is 0 Å². The molecule has 2 aromatic rings. The fraction of sp³-hybridized carbons (Fsp3) is 0.417. The molecule has 0 bridgehead atoms. The zero-order valence-electron chi connectivity index (χ0n) is 11.6. The molecule has 0 aliphatic carbocycles. The molecule has 0 spiro atoms. The molecular formula is C12H15ClN4O2S3. The summed E-state index contributed by atoms with van der Waals surface area (Å²) in [5, 5.41) is 0.561. The van der Waals surface area contributed by atoms with Crippen molar-refractivity contribution in [3.8, 4) is 0 Å². The number of hydrogen-bond donors (Lipinski definition) is 1. The molecule has 0 amide bonds. The second-order valence-electron chi connectivity index (χ2n) is 4.90. The molecule has 6 nitrogen and oxygen atoms in total. The maximum absolute atomic E-state index is 12.5. The predicted octanol–water partition coefficient (Wildman–Crippen LogP) is 1.95. The summed E-state index contributed by atoms with van der Waals surface area (Å²) in [6.45, 7) is 3.10. The number of nitrogens with two attached hydrogens (primary N) is 1. The number of halogens is 1. The van der Waals surface area contributed by atoms with Crippen LogP contribution < -0.4 is 5.73 Å². The third-order valence-electron chi connectivity index (χ3n) is 3.42. The molecule has 0 aromatic carbocycles. The van der Waals surface area contributed by atoms with Gasteiger partial charge in [0.25, 0.3) is 10.0 Å². The molecular weight excluding hydrogens is 364 g/mol. The molecule has 1 aliphatic heterocycles. The van der Waals surface area contributed by atoms with Crippen molar-refractivity contribution in [3.05, 3.63) is 27.5 Å². The van der Waals surface area contributed by atoms with Gasteiger partial charge in [-0.3, -0.25) is 4.90 Å². The number of nitrogen functional groups attached to an aromatic ring is 1. The minimum atomic E-state index is -3.42. The van der Waals surface area contributed by atoms with Crippen molar-refractivity contribution in [2.75, 3.05) is 31.9 Å². The highest BCUT2D eigenvalue weighted by atomic mass is 35.5. The van der Waals surface area contributed by atoms with Gasteiger partial charge in [0.15, 0.2) is 5.13 Å². The molecule has 1 aliphatic rings. The summed E-state index contributed by atoms with van der Waals surface area (Å²) in [5.41, 5.74) is 5.62. The molecule has 0 unspecified atom stereocenters. The van der Waals surface area contributed by atoms with Crippen molar-refractivity contribution < 1.29 is 8.42 Å². The molecule has 1 fully saturated rings. The van der Waals surface area contributed by atoms with Gasteiger partial charge in [0.1, 0.15) is 4.21 Å². The van der Waals surface area contributed by atoms with Crippen molar-refractivity contribution >= 4 is 49.4 Å². The maximum atomic E-state index is 12.5. The molecule has 3 heterocycles. The third-order valence-corrected chi connectivity index (χ3v) is 7.83. The van der Waals surface area contributed by atoms with Crippen LogP contribution in [0.3, 0.4) is 0 Å². The second kappa shape index (κ2) is 6.42. The highest BCUT2D eigenvalue weighted by Crippen LogP contribution is 2.28. The summed E-state index contributed by atoms with van der Waals surface area (Å²) < 4.78 is 27.3. The first-order valence-corrected chi connectivity index (χ1v) is 10.1. The van der Waals surface area contributed by atoms with E-state index in [9.17, 15) is 8.42 Å². The topological polar surface area (TPSA) is 79.5 Å². The summed E-state index contributed by atoms with van der Waals surface area (Å²) in [7, 11) is -3.42. The van der Waals surface area contributed by atoms with E-state index in [1.807, 2.05) is 0 Å². The Kier molecular flexibility index (Phi) is 4.72. The van der Waals surface area contributed by atoms with Crippen LogP contribution in [-0.4, -0.2) is 48.8 Å². The van der Waals surface area contributed by atoms with Gasteiger partial charge in [-0.2, -0.15) is 4.31 Å². The minimum Gasteiger partial charge on any atom is -0.375 e. The largest absolute Gasteiger partial charge is 0.375 e. The van der Waals surface area contributed by atoms with Crippen molar-refractivity contribution in [3.63, 3.8) is 0 Å². The number of hydrogen-bond acceptors (Lipinski definition) is 7. The van der Waals surface area contributed by atoms with Gasteiger partial charge in [-0.15, -0.1) is 22.7 Å². The van der Waals surface area contributed by atoms with Gasteiger partial charge < -0.3 is 5.73 Å². The van der Waals surface area contributed by atoms with E-state index in [1.54, 1.807) is 18.3 Å². The summed E-state index contributed by atoms with van der Waals surface area (Å²) in [6.07, 6.45) is 1.77. The van der Waals surface area contributed by atoms with Crippen molar-refractivity contribution in [1.82, 2.24) is 14.2 Å². The Labute approximate surface area is 142 Å². The third kappa shape index (κ3) is 3.44. The zero-order valence-corrected chi connectivity index (χ0v) is 14.8. The van der Waals surface area contributed by atoms with E-state index in [2.05, 4.69) is 9.88 Å². The molecule has 2 aromatic heterocycles. The second-order valence-corrected chi connectivity index (χ2v) is 9.93. The monoisotopic (exact) mass is 378 g/mol. The van der Waals surface area contributed by atoms with Crippen LogP contribution >= 0.6 is 34.3 Å². The molecule has 0 atom stereocenters. The van der Waals surface area contributed by atoms with Gasteiger partial charge in [-0.25, -0.2) is 13.4 Å². The number of sulfonamides is 1. The van der Waals surface area contributed by atoms with E-state index in [1.165, 1.54) is 15.6 Å². The molecule has 1 saturated heterocycles. The quantitative estimate of drug-likeness (QED) is 0.879. The van der Waals surface area contributed by atoms with Crippen LogP contribution in [0.4, 0.5) is 5.13 Å². The van der Waals surface area contributed by atoms with Gasteiger partial charge in [0.05, 0.1) is 4.34 Å².